The van der Waals surface area contributed by atoms with E-state index in [2.05, 4.69) is 15.2 Å². The van der Waals surface area contributed by atoms with Crippen molar-refractivity contribution >= 4 is 5.91 Å². The predicted molar refractivity (Wildman–Crippen MR) is 76.5 cm³/mol. The van der Waals surface area contributed by atoms with E-state index in [1.807, 2.05) is 32.3 Å². The van der Waals surface area contributed by atoms with Crippen molar-refractivity contribution in [2.45, 2.75) is 32.4 Å². The quantitative estimate of drug-likeness (QED) is 0.727. The summed E-state index contributed by atoms with van der Waals surface area (Å²) in [7, 11) is 1.98. The van der Waals surface area contributed by atoms with Crippen molar-refractivity contribution in [3.05, 3.63) is 30.1 Å². The van der Waals surface area contributed by atoms with Crippen molar-refractivity contribution in [3.63, 3.8) is 0 Å². The van der Waals surface area contributed by atoms with Crippen LogP contribution in [-0.4, -0.2) is 42.0 Å². The molecular weight excluding hydrogens is 240 g/mol. The van der Waals surface area contributed by atoms with Gasteiger partial charge in [0.1, 0.15) is 0 Å². The van der Waals surface area contributed by atoms with Crippen LogP contribution in [0, 0.1) is 0 Å². The van der Waals surface area contributed by atoms with E-state index in [1.54, 1.807) is 6.20 Å². The second-order valence-corrected chi connectivity index (χ2v) is 4.72. The molecule has 0 bridgehead atoms. The number of likely N-dealkylation sites (N-methyl/N-ethyl adjacent to an activating group) is 1. The number of carbonyl (C=O) groups excluding carboxylic acids is 1. The number of amides is 1. The molecule has 0 fully saturated rings. The van der Waals surface area contributed by atoms with Gasteiger partial charge in [0.15, 0.2) is 0 Å². The molecule has 0 radical (unpaired) electrons. The molecule has 0 aromatic carbocycles. The van der Waals surface area contributed by atoms with E-state index in [-0.39, 0.29) is 11.9 Å². The lowest BCUT2D eigenvalue weighted by Gasteiger charge is -2.26. The van der Waals surface area contributed by atoms with Gasteiger partial charge in [0.25, 0.3) is 0 Å². The molecule has 0 aliphatic carbocycles. The van der Waals surface area contributed by atoms with Crippen molar-refractivity contribution in [3.8, 4) is 0 Å². The largest absolute Gasteiger partial charge is 0.356 e. The van der Waals surface area contributed by atoms with Gasteiger partial charge in [-0.05, 0) is 25.1 Å². The number of nitrogens with one attached hydrogen (secondary N) is 1. The minimum atomic E-state index is 0.0528. The van der Waals surface area contributed by atoms with E-state index in [1.165, 1.54) is 0 Å². The van der Waals surface area contributed by atoms with Gasteiger partial charge in [-0.2, -0.15) is 0 Å². The summed E-state index contributed by atoms with van der Waals surface area (Å²) < 4.78 is 0. The Bertz CT molecular complexity index is 369. The van der Waals surface area contributed by atoms with Gasteiger partial charge in [-0.15, -0.1) is 0 Å². The number of pyridine rings is 1. The van der Waals surface area contributed by atoms with Crippen LogP contribution in [0.15, 0.2) is 24.5 Å². The molecule has 1 aromatic heterocycles. The van der Waals surface area contributed by atoms with Crippen LogP contribution < -0.4 is 11.1 Å². The topological polar surface area (TPSA) is 71.2 Å². The molecule has 19 heavy (non-hydrogen) atoms. The summed E-state index contributed by atoms with van der Waals surface area (Å²) in [6.07, 6.45) is 4.97. The summed E-state index contributed by atoms with van der Waals surface area (Å²) in [5, 5.41) is 2.88. The Balaban J connectivity index is 2.47. The van der Waals surface area contributed by atoms with Crippen LogP contribution in [0.25, 0.3) is 0 Å². The molecule has 5 nitrogen and oxygen atoms in total. The highest BCUT2D eigenvalue weighted by Crippen LogP contribution is 2.07. The molecule has 1 atom stereocenters. The third-order valence-corrected chi connectivity index (χ3v) is 3.04. The zero-order valence-corrected chi connectivity index (χ0v) is 11.8. The second-order valence-electron chi connectivity index (χ2n) is 4.72. The monoisotopic (exact) mass is 264 g/mol. The maximum atomic E-state index is 11.7. The number of rotatable bonds is 8. The number of nitrogens with two attached hydrogens (primary N) is 1. The van der Waals surface area contributed by atoms with Gasteiger partial charge in [-0.25, -0.2) is 0 Å². The molecule has 106 valence electrons. The van der Waals surface area contributed by atoms with E-state index < -0.39 is 0 Å². The van der Waals surface area contributed by atoms with Gasteiger partial charge in [-0.1, -0.05) is 13.0 Å². The highest BCUT2D eigenvalue weighted by molar-refractivity contribution is 5.76. The second kappa shape index (κ2) is 8.61. The first kappa shape index (κ1) is 15.6. The first-order valence-corrected chi connectivity index (χ1v) is 6.73. The fourth-order valence-electron chi connectivity index (χ4n) is 1.88. The first-order valence-electron chi connectivity index (χ1n) is 6.73. The molecule has 1 rings (SSSR count). The summed E-state index contributed by atoms with van der Waals surface area (Å²) in [4.78, 5) is 17.9. The average molecular weight is 264 g/mol. The van der Waals surface area contributed by atoms with E-state index in [9.17, 15) is 4.79 Å². The standard InChI is InChI=1S/C14H24N4O/c1-3-6-17-14(19)8-13(9-15)18(2)11-12-5-4-7-16-10-12/h4-5,7,10,13H,3,6,8-9,11,15H2,1-2H3,(H,17,19). The Morgan fingerprint density at radius 2 is 2.37 bits per heavy atom. The normalized spacial score (nSPS) is 12.4. The lowest BCUT2D eigenvalue weighted by atomic mass is 10.1. The number of hydrogen-bond acceptors (Lipinski definition) is 4. The SMILES string of the molecule is CCCNC(=O)CC(CN)N(C)Cc1cccnc1. The van der Waals surface area contributed by atoms with Gasteiger partial charge in [0.05, 0.1) is 0 Å². The zero-order chi connectivity index (χ0) is 14.1. The molecule has 5 heteroatoms. The molecule has 0 saturated heterocycles. The van der Waals surface area contributed by atoms with E-state index in [4.69, 9.17) is 5.73 Å². The van der Waals surface area contributed by atoms with E-state index in [0.29, 0.717) is 13.0 Å². The summed E-state index contributed by atoms with van der Waals surface area (Å²) in [6, 6.07) is 3.99. The lowest BCUT2D eigenvalue weighted by Crippen LogP contribution is -2.41. The fourth-order valence-corrected chi connectivity index (χ4v) is 1.88. The Labute approximate surface area is 115 Å². The molecule has 1 aromatic rings. The molecule has 1 unspecified atom stereocenters. The molecule has 1 amide bonds. The Hall–Kier alpha value is -1.46. The Morgan fingerprint density at radius 3 is 2.95 bits per heavy atom. The molecular formula is C14H24N4O. The zero-order valence-electron chi connectivity index (χ0n) is 11.8. The minimum Gasteiger partial charge on any atom is -0.356 e. The predicted octanol–water partition coefficient (Wildman–Crippen LogP) is 0.757. The first-order chi connectivity index (χ1) is 9.17. The fraction of sp³-hybridized carbons (Fsp3) is 0.571. The van der Waals surface area contributed by atoms with Crippen LogP contribution in [0.2, 0.25) is 0 Å². The highest BCUT2D eigenvalue weighted by Gasteiger charge is 2.17. The molecule has 1 heterocycles. The number of aromatic nitrogens is 1. The van der Waals surface area contributed by atoms with E-state index in [0.717, 1.165) is 25.1 Å². The summed E-state index contributed by atoms with van der Waals surface area (Å²) >= 11 is 0. The highest BCUT2D eigenvalue weighted by atomic mass is 16.1. The van der Waals surface area contributed by atoms with Crippen molar-refractivity contribution in [2.75, 3.05) is 20.1 Å². The smallest absolute Gasteiger partial charge is 0.221 e. The van der Waals surface area contributed by atoms with Gasteiger partial charge in [0, 0.05) is 44.5 Å². The maximum Gasteiger partial charge on any atom is 0.221 e. The Kier molecular flexibility index (Phi) is 7.07. The van der Waals surface area contributed by atoms with Gasteiger partial charge in [0.2, 0.25) is 5.91 Å². The van der Waals surface area contributed by atoms with Gasteiger partial charge >= 0.3 is 0 Å². The van der Waals surface area contributed by atoms with Crippen LogP contribution in [0.5, 0.6) is 0 Å². The van der Waals surface area contributed by atoms with Crippen LogP contribution in [0.3, 0.4) is 0 Å². The summed E-state index contributed by atoms with van der Waals surface area (Å²) in [5.41, 5.74) is 6.89. The maximum absolute atomic E-state index is 11.7. The minimum absolute atomic E-state index is 0.0528. The van der Waals surface area contributed by atoms with Crippen LogP contribution in [0.4, 0.5) is 0 Å². The summed E-state index contributed by atoms with van der Waals surface area (Å²) in [6.45, 7) is 3.98. The van der Waals surface area contributed by atoms with Crippen molar-refractivity contribution in [2.24, 2.45) is 5.73 Å². The lowest BCUT2D eigenvalue weighted by molar-refractivity contribution is -0.122. The Morgan fingerprint density at radius 1 is 1.58 bits per heavy atom. The van der Waals surface area contributed by atoms with Crippen molar-refractivity contribution < 1.29 is 4.79 Å². The molecule has 0 aliphatic rings. The van der Waals surface area contributed by atoms with Crippen molar-refractivity contribution in [1.29, 1.82) is 0 Å². The number of hydrogen-bond donors (Lipinski definition) is 2. The molecule has 3 N–H and O–H groups in total. The number of carbonyl (C=O) groups is 1. The summed E-state index contributed by atoms with van der Waals surface area (Å²) in [5.74, 6) is 0.0651. The third kappa shape index (κ3) is 5.81. The van der Waals surface area contributed by atoms with Crippen LogP contribution in [-0.2, 0) is 11.3 Å². The van der Waals surface area contributed by atoms with E-state index >= 15 is 0 Å². The van der Waals surface area contributed by atoms with Crippen LogP contribution in [0.1, 0.15) is 25.3 Å². The van der Waals surface area contributed by atoms with Gasteiger partial charge in [-0.3, -0.25) is 14.7 Å². The van der Waals surface area contributed by atoms with Crippen LogP contribution >= 0.6 is 0 Å². The van der Waals surface area contributed by atoms with Crippen molar-refractivity contribution in [1.82, 2.24) is 15.2 Å². The molecule has 0 saturated carbocycles. The third-order valence-electron chi connectivity index (χ3n) is 3.04. The molecule has 0 spiro atoms. The van der Waals surface area contributed by atoms with Gasteiger partial charge < -0.3 is 11.1 Å². The molecule has 0 aliphatic heterocycles. The number of nitrogens with zero attached hydrogens (tertiary/aromatic N) is 2. The average Bonchev–Trinajstić information content (AvgIpc) is 2.43.